The lowest BCUT2D eigenvalue weighted by Crippen LogP contribution is -2.34. The second-order valence-corrected chi connectivity index (χ2v) is 13.9. The van der Waals surface area contributed by atoms with Crippen molar-refractivity contribution in [3.05, 3.63) is 34.5 Å². The van der Waals surface area contributed by atoms with E-state index in [4.69, 9.17) is 11.6 Å². The van der Waals surface area contributed by atoms with E-state index in [0.717, 1.165) is 0 Å². The second-order valence-electron chi connectivity index (χ2n) is 11.2. The molecule has 2 aromatic heterocycles. The van der Waals surface area contributed by atoms with Crippen LogP contribution >= 0.6 is 11.6 Å². The van der Waals surface area contributed by atoms with Gasteiger partial charge in [0.25, 0.3) is 5.91 Å². The van der Waals surface area contributed by atoms with Gasteiger partial charge in [0.05, 0.1) is 5.25 Å². The number of nitrogens with one attached hydrogen (secondary N) is 1. The maximum Gasteiger partial charge on any atom is 0.389 e. The summed E-state index contributed by atoms with van der Waals surface area (Å²) in [4.78, 5) is 21.5. The number of alkyl halides is 5. The standard InChI is InChI=1S/C26H34ClF5N4O4S/c1-5-19-35-20(23(37)34-12-15-6-8-17(9-7-15)41(4,38)39)21(27)36(19)22-18(40-24(28)29)10-16(13-33-22)11-25(2,3)14-26(30,31)32/h10,13,15,17,24H,5-9,11-12,14H2,1-4H3,(H,34,37). The Bertz CT molecular complexity index is 1340. The molecular formula is C26H34ClF5N4O4S. The number of aryl methyl sites for hydroxylation is 1. The summed E-state index contributed by atoms with van der Waals surface area (Å²) in [5.74, 6) is -0.912. The number of aromatic nitrogens is 3. The predicted molar refractivity (Wildman–Crippen MR) is 143 cm³/mol. The summed E-state index contributed by atoms with van der Waals surface area (Å²) in [6, 6.07) is 1.19. The monoisotopic (exact) mass is 628 g/mol. The minimum Gasteiger partial charge on any atom is -0.431 e. The SMILES string of the molecule is CCc1nc(C(=O)NCC2CCC(S(C)(=O)=O)CC2)c(Cl)n1-c1ncc(CC(C)(C)CC(F)(F)F)cc1OC(F)F. The molecular weight excluding hydrogens is 595 g/mol. The van der Waals surface area contributed by atoms with Crippen LogP contribution in [0.3, 0.4) is 0 Å². The van der Waals surface area contributed by atoms with Gasteiger partial charge >= 0.3 is 12.8 Å². The van der Waals surface area contributed by atoms with Crippen LogP contribution in [0, 0.1) is 11.3 Å². The van der Waals surface area contributed by atoms with Crippen molar-refractivity contribution >= 4 is 27.3 Å². The third-order valence-corrected chi connectivity index (χ3v) is 9.08. The summed E-state index contributed by atoms with van der Waals surface area (Å²) in [6.45, 7) is 1.54. The summed E-state index contributed by atoms with van der Waals surface area (Å²) < 4.78 is 95.1. The Balaban J connectivity index is 1.84. The van der Waals surface area contributed by atoms with E-state index >= 15 is 0 Å². The number of imidazole rings is 1. The molecule has 1 aliphatic carbocycles. The molecule has 0 saturated heterocycles. The molecule has 8 nitrogen and oxygen atoms in total. The first kappa shape index (κ1) is 33.0. The summed E-state index contributed by atoms with van der Waals surface area (Å²) in [7, 11) is -3.12. The van der Waals surface area contributed by atoms with Crippen LogP contribution in [-0.4, -0.2) is 59.7 Å². The minimum atomic E-state index is -4.41. The molecule has 0 bridgehead atoms. The average Bonchev–Trinajstić information content (AvgIpc) is 3.16. The zero-order valence-electron chi connectivity index (χ0n) is 23.2. The molecule has 1 N–H and O–H groups in total. The van der Waals surface area contributed by atoms with Crippen molar-refractivity contribution < 1.29 is 39.9 Å². The molecule has 0 atom stereocenters. The van der Waals surface area contributed by atoms with Gasteiger partial charge in [0.2, 0.25) is 0 Å². The third-order valence-electron chi connectivity index (χ3n) is 7.05. The van der Waals surface area contributed by atoms with Gasteiger partial charge in [-0.3, -0.25) is 9.36 Å². The van der Waals surface area contributed by atoms with Gasteiger partial charge in [0.1, 0.15) is 20.8 Å². The highest BCUT2D eigenvalue weighted by Crippen LogP contribution is 2.37. The summed E-state index contributed by atoms with van der Waals surface area (Å²) in [5.41, 5.74) is -1.15. The van der Waals surface area contributed by atoms with E-state index in [0.29, 0.717) is 25.7 Å². The molecule has 1 fully saturated rings. The number of halogens is 6. The van der Waals surface area contributed by atoms with Gasteiger partial charge < -0.3 is 10.1 Å². The fourth-order valence-corrected chi connectivity index (χ4v) is 6.64. The van der Waals surface area contributed by atoms with Crippen LogP contribution in [0.5, 0.6) is 5.75 Å². The molecule has 230 valence electrons. The molecule has 0 aromatic carbocycles. The molecule has 0 spiro atoms. The molecule has 0 radical (unpaired) electrons. The van der Waals surface area contributed by atoms with Crippen LogP contribution < -0.4 is 10.1 Å². The highest BCUT2D eigenvalue weighted by atomic mass is 35.5. The normalized spacial score (nSPS) is 18.5. The lowest BCUT2D eigenvalue weighted by atomic mass is 9.83. The maximum atomic E-state index is 13.3. The van der Waals surface area contributed by atoms with Crippen molar-refractivity contribution in [2.24, 2.45) is 11.3 Å². The van der Waals surface area contributed by atoms with Crippen molar-refractivity contribution in [1.29, 1.82) is 0 Å². The third kappa shape index (κ3) is 9.00. The molecule has 15 heteroatoms. The van der Waals surface area contributed by atoms with E-state index < -0.39 is 46.1 Å². The highest BCUT2D eigenvalue weighted by Gasteiger charge is 2.37. The highest BCUT2D eigenvalue weighted by molar-refractivity contribution is 7.91. The lowest BCUT2D eigenvalue weighted by Gasteiger charge is -2.27. The molecule has 41 heavy (non-hydrogen) atoms. The largest absolute Gasteiger partial charge is 0.431 e. The quantitative estimate of drug-likeness (QED) is 0.309. The Hall–Kier alpha value is -2.48. The fraction of sp³-hybridized carbons (Fsp3) is 0.654. The summed E-state index contributed by atoms with van der Waals surface area (Å²) >= 11 is 6.52. The average molecular weight is 629 g/mol. The number of pyridine rings is 1. The van der Waals surface area contributed by atoms with Crippen molar-refractivity contribution in [3.63, 3.8) is 0 Å². The first-order valence-corrected chi connectivity index (χ1v) is 15.5. The number of carbonyl (C=O) groups is 1. The topological polar surface area (TPSA) is 103 Å². The predicted octanol–water partition coefficient (Wildman–Crippen LogP) is 5.94. The van der Waals surface area contributed by atoms with Gasteiger partial charge in [0, 0.05) is 31.8 Å². The fourth-order valence-electron chi connectivity index (χ4n) is 5.21. The van der Waals surface area contributed by atoms with Crippen LogP contribution in [0.4, 0.5) is 22.0 Å². The van der Waals surface area contributed by atoms with Crippen molar-refractivity contribution in [1.82, 2.24) is 19.9 Å². The van der Waals surface area contributed by atoms with Crippen LogP contribution in [0.25, 0.3) is 5.82 Å². The number of ether oxygens (including phenoxy) is 1. The molecule has 0 aliphatic heterocycles. The molecule has 0 unspecified atom stereocenters. The molecule has 2 heterocycles. The number of nitrogens with zero attached hydrogens (tertiary/aromatic N) is 3. The van der Waals surface area contributed by atoms with E-state index in [1.807, 2.05) is 0 Å². The number of rotatable bonds is 11. The van der Waals surface area contributed by atoms with Crippen LogP contribution in [0.1, 0.15) is 74.8 Å². The Kier molecular flexibility index (Phi) is 10.3. The summed E-state index contributed by atoms with van der Waals surface area (Å²) in [6.07, 6.45) is -0.616. The van der Waals surface area contributed by atoms with E-state index in [-0.39, 0.29) is 58.6 Å². The zero-order valence-corrected chi connectivity index (χ0v) is 24.8. The van der Waals surface area contributed by atoms with E-state index in [2.05, 4.69) is 20.0 Å². The van der Waals surface area contributed by atoms with E-state index in [9.17, 15) is 35.2 Å². The Labute approximate surface area is 240 Å². The van der Waals surface area contributed by atoms with E-state index in [1.54, 1.807) is 6.92 Å². The lowest BCUT2D eigenvalue weighted by molar-refractivity contribution is -0.154. The number of sulfone groups is 1. The summed E-state index contributed by atoms with van der Waals surface area (Å²) in [5, 5.41) is 2.19. The van der Waals surface area contributed by atoms with Gasteiger partial charge in [-0.05, 0) is 55.1 Å². The van der Waals surface area contributed by atoms with Crippen molar-refractivity contribution in [2.75, 3.05) is 12.8 Å². The second kappa shape index (κ2) is 12.8. The Morgan fingerprint density at radius 1 is 1.22 bits per heavy atom. The van der Waals surface area contributed by atoms with Gasteiger partial charge in [-0.1, -0.05) is 32.4 Å². The molecule has 2 aromatic rings. The number of hydrogen-bond donors (Lipinski definition) is 1. The van der Waals surface area contributed by atoms with Crippen LogP contribution in [0.15, 0.2) is 12.3 Å². The Morgan fingerprint density at radius 2 is 1.85 bits per heavy atom. The van der Waals surface area contributed by atoms with Gasteiger partial charge in [-0.2, -0.15) is 22.0 Å². The van der Waals surface area contributed by atoms with Crippen molar-refractivity contribution in [2.45, 2.75) is 83.8 Å². The molecule has 1 aliphatic rings. The molecule has 3 rings (SSSR count). The zero-order chi connectivity index (χ0) is 30.8. The van der Waals surface area contributed by atoms with Gasteiger partial charge in [-0.15, -0.1) is 0 Å². The van der Waals surface area contributed by atoms with Crippen LogP contribution in [0.2, 0.25) is 5.15 Å². The smallest absolute Gasteiger partial charge is 0.389 e. The number of amides is 1. The first-order valence-electron chi connectivity index (χ1n) is 13.1. The Morgan fingerprint density at radius 3 is 2.39 bits per heavy atom. The first-order chi connectivity index (χ1) is 18.9. The molecule has 1 amide bonds. The van der Waals surface area contributed by atoms with Crippen molar-refractivity contribution in [3.8, 4) is 11.6 Å². The number of carbonyl (C=O) groups excluding carboxylic acids is 1. The van der Waals surface area contributed by atoms with Gasteiger partial charge in [-0.25, -0.2) is 18.4 Å². The molecule has 1 saturated carbocycles. The van der Waals surface area contributed by atoms with Gasteiger partial charge in [0.15, 0.2) is 17.3 Å². The van der Waals surface area contributed by atoms with E-state index in [1.165, 1.54) is 36.9 Å². The van der Waals surface area contributed by atoms with Crippen LogP contribution in [-0.2, 0) is 22.7 Å². The minimum absolute atomic E-state index is 0.0744. The maximum absolute atomic E-state index is 13.3. The number of hydrogen-bond acceptors (Lipinski definition) is 6.